The van der Waals surface area contributed by atoms with Gasteiger partial charge in [0.15, 0.2) is 10.3 Å². The Morgan fingerprint density at radius 3 is 2.65 bits per heavy atom. The SMILES string of the molecule is CCCc1cc(=O)[nH]c(Sc2nc(C)c(C)nc2Cl)n1. The predicted octanol–water partition coefficient (Wildman–Crippen LogP) is 2.93. The Morgan fingerprint density at radius 1 is 1.25 bits per heavy atom. The van der Waals surface area contributed by atoms with E-state index in [1.54, 1.807) is 0 Å². The summed E-state index contributed by atoms with van der Waals surface area (Å²) in [4.78, 5) is 27.3. The van der Waals surface area contributed by atoms with Crippen LogP contribution in [0, 0.1) is 13.8 Å². The zero-order valence-corrected chi connectivity index (χ0v) is 13.1. The van der Waals surface area contributed by atoms with Gasteiger partial charge in [0, 0.05) is 11.8 Å². The van der Waals surface area contributed by atoms with E-state index < -0.39 is 0 Å². The van der Waals surface area contributed by atoms with Crippen molar-refractivity contribution in [3.05, 3.63) is 38.7 Å². The number of aromatic amines is 1. The van der Waals surface area contributed by atoms with Gasteiger partial charge in [-0.3, -0.25) is 4.79 Å². The van der Waals surface area contributed by atoms with Crippen LogP contribution in [0.3, 0.4) is 0 Å². The summed E-state index contributed by atoms with van der Waals surface area (Å²) in [6, 6.07) is 1.52. The summed E-state index contributed by atoms with van der Waals surface area (Å²) in [5.74, 6) is 0. The number of aryl methyl sites for hydroxylation is 3. The first kappa shape index (κ1) is 15.0. The van der Waals surface area contributed by atoms with Gasteiger partial charge in [-0.1, -0.05) is 24.9 Å². The van der Waals surface area contributed by atoms with Gasteiger partial charge in [0.05, 0.1) is 11.4 Å². The molecule has 2 rings (SSSR count). The fourth-order valence-corrected chi connectivity index (χ4v) is 2.72. The highest BCUT2D eigenvalue weighted by atomic mass is 35.5. The molecule has 0 saturated carbocycles. The molecule has 0 aromatic carbocycles. The maximum atomic E-state index is 11.6. The maximum Gasteiger partial charge on any atom is 0.251 e. The van der Waals surface area contributed by atoms with Gasteiger partial charge in [-0.2, -0.15) is 0 Å². The molecule has 0 aliphatic heterocycles. The van der Waals surface area contributed by atoms with Gasteiger partial charge in [-0.05, 0) is 32.0 Å². The maximum absolute atomic E-state index is 11.6. The third-order valence-corrected chi connectivity index (χ3v) is 3.95. The van der Waals surface area contributed by atoms with E-state index in [1.807, 2.05) is 20.8 Å². The smallest absolute Gasteiger partial charge is 0.251 e. The molecule has 0 unspecified atom stereocenters. The Morgan fingerprint density at radius 2 is 1.95 bits per heavy atom. The lowest BCUT2D eigenvalue weighted by atomic mass is 10.2. The molecule has 0 radical (unpaired) electrons. The minimum Gasteiger partial charge on any atom is -0.301 e. The largest absolute Gasteiger partial charge is 0.301 e. The molecule has 0 atom stereocenters. The number of nitrogens with one attached hydrogen (secondary N) is 1. The number of nitrogens with zero attached hydrogens (tertiary/aromatic N) is 3. The second-order valence-corrected chi connectivity index (χ2v) is 5.72. The van der Waals surface area contributed by atoms with Crippen LogP contribution in [0.25, 0.3) is 0 Å². The van der Waals surface area contributed by atoms with E-state index >= 15 is 0 Å². The summed E-state index contributed by atoms with van der Waals surface area (Å²) < 4.78 is 0. The number of H-pyrrole nitrogens is 1. The standard InChI is InChI=1S/C13H15ClN4OS/c1-4-5-9-6-10(19)18-13(17-9)20-12-11(14)15-7(2)8(3)16-12/h6H,4-5H2,1-3H3,(H,17,18,19). The number of aromatic nitrogens is 4. The van der Waals surface area contributed by atoms with Crippen LogP contribution in [-0.4, -0.2) is 19.9 Å². The van der Waals surface area contributed by atoms with Crippen molar-refractivity contribution < 1.29 is 0 Å². The molecule has 2 heterocycles. The molecule has 0 spiro atoms. The number of hydrogen-bond donors (Lipinski definition) is 1. The first-order valence-corrected chi connectivity index (χ1v) is 7.48. The Hall–Kier alpha value is -1.40. The third-order valence-electron chi connectivity index (χ3n) is 2.71. The van der Waals surface area contributed by atoms with Crippen LogP contribution >= 0.6 is 23.4 Å². The van der Waals surface area contributed by atoms with Crippen molar-refractivity contribution in [2.24, 2.45) is 0 Å². The van der Waals surface area contributed by atoms with Gasteiger partial charge in [-0.15, -0.1) is 0 Å². The zero-order chi connectivity index (χ0) is 14.7. The second kappa shape index (κ2) is 6.37. The average Bonchev–Trinajstić information content (AvgIpc) is 2.35. The molecule has 5 nitrogen and oxygen atoms in total. The van der Waals surface area contributed by atoms with Gasteiger partial charge in [0.2, 0.25) is 0 Å². The van der Waals surface area contributed by atoms with E-state index in [9.17, 15) is 4.79 Å². The molecule has 0 fully saturated rings. The average molecular weight is 311 g/mol. The van der Waals surface area contributed by atoms with E-state index in [2.05, 4.69) is 19.9 Å². The monoisotopic (exact) mass is 310 g/mol. The number of halogens is 1. The van der Waals surface area contributed by atoms with Crippen molar-refractivity contribution in [3.8, 4) is 0 Å². The molecule has 20 heavy (non-hydrogen) atoms. The Labute approximate surface area is 126 Å². The molecule has 0 saturated heterocycles. The van der Waals surface area contributed by atoms with Crippen LogP contribution < -0.4 is 5.56 Å². The molecule has 106 valence electrons. The first-order chi connectivity index (χ1) is 9.49. The second-order valence-electron chi connectivity index (χ2n) is 4.38. The molecular weight excluding hydrogens is 296 g/mol. The molecule has 1 N–H and O–H groups in total. The number of hydrogen-bond acceptors (Lipinski definition) is 5. The van der Waals surface area contributed by atoms with Crippen LogP contribution in [0.5, 0.6) is 0 Å². The molecule has 2 aromatic rings. The minimum atomic E-state index is -0.168. The third kappa shape index (κ3) is 3.58. The normalized spacial score (nSPS) is 10.8. The van der Waals surface area contributed by atoms with Gasteiger partial charge in [0.25, 0.3) is 5.56 Å². The first-order valence-electron chi connectivity index (χ1n) is 6.28. The van der Waals surface area contributed by atoms with Crippen molar-refractivity contribution >= 4 is 23.4 Å². The quantitative estimate of drug-likeness (QED) is 0.879. The van der Waals surface area contributed by atoms with Crippen molar-refractivity contribution in [1.29, 1.82) is 0 Å². The Kier molecular flexibility index (Phi) is 4.77. The topological polar surface area (TPSA) is 71.5 Å². The molecule has 0 aliphatic carbocycles. The highest BCUT2D eigenvalue weighted by molar-refractivity contribution is 7.99. The van der Waals surface area contributed by atoms with E-state index in [0.29, 0.717) is 15.3 Å². The lowest BCUT2D eigenvalue weighted by Gasteiger charge is -2.06. The summed E-state index contributed by atoms with van der Waals surface area (Å²) in [7, 11) is 0. The van der Waals surface area contributed by atoms with Crippen LogP contribution in [0.15, 0.2) is 21.0 Å². The predicted molar refractivity (Wildman–Crippen MR) is 79.5 cm³/mol. The fraction of sp³-hybridized carbons (Fsp3) is 0.385. The van der Waals surface area contributed by atoms with Crippen molar-refractivity contribution in [2.45, 2.75) is 43.8 Å². The van der Waals surface area contributed by atoms with Gasteiger partial charge in [-0.25, -0.2) is 15.0 Å². The molecule has 0 amide bonds. The van der Waals surface area contributed by atoms with Gasteiger partial charge < -0.3 is 4.98 Å². The van der Waals surface area contributed by atoms with Crippen LogP contribution in [-0.2, 0) is 6.42 Å². The van der Waals surface area contributed by atoms with Crippen LogP contribution in [0.2, 0.25) is 5.15 Å². The fourth-order valence-electron chi connectivity index (χ4n) is 1.63. The van der Waals surface area contributed by atoms with Gasteiger partial charge >= 0.3 is 0 Å². The highest BCUT2D eigenvalue weighted by Gasteiger charge is 2.11. The van der Waals surface area contributed by atoms with E-state index in [1.165, 1.54) is 17.8 Å². The van der Waals surface area contributed by atoms with Crippen molar-refractivity contribution in [3.63, 3.8) is 0 Å². The molecule has 0 aliphatic rings. The number of rotatable bonds is 4. The molecular formula is C13H15ClN4OS. The Balaban J connectivity index is 2.34. The summed E-state index contributed by atoms with van der Waals surface area (Å²) >= 11 is 7.30. The zero-order valence-electron chi connectivity index (χ0n) is 11.5. The summed E-state index contributed by atoms with van der Waals surface area (Å²) in [6.45, 7) is 5.76. The Bertz CT molecular complexity index is 687. The van der Waals surface area contributed by atoms with Gasteiger partial charge in [0.1, 0.15) is 5.03 Å². The minimum absolute atomic E-state index is 0.168. The highest BCUT2D eigenvalue weighted by Crippen LogP contribution is 2.28. The lowest BCUT2D eigenvalue weighted by Crippen LogP contribution is -2.10. The lowest BCUT2D eigenvalue weighted by molar-refractivity contribution is 0.814. The van der Waals surface area contributed by atoms with Crippen molar-refractivity contribution in [2.75, 3.05) is 0 Å². The summed E-state index contributed by atoms with van der Waals surface area (Å²) in [5.41, 5.74) is 2.20. The molecule has 2 aromatic heterocycles. The van der Waals surface area contributed by atoms with E-state index in [4.69, 9.17) is 11.6 Å². The van der Waals surface area contributed by atoms with Crippen LogP contribution in [0.4, 0.5) is 0 Å². The molecule has 0 bridgehead atoms. The van der Waals surface area contributed by atoms with Crippen LogP contribution in [0.1, 0.15) is 30.4 Å². The summed E-state index contributed by atoms with van der Waals surface area (Å²) in [6.07, 6.45) is 1.70. The van der Waals surface area contributed by atoms with Crippen molar-refractivity contribution in [1.82, 2.24) is 19.9 Å². The van der Waals surface area contributed by atoms with E-state index in [0.717, 1.165) is 29.9 Å². The van der Waals surface area contributed by atoms with E-state index in [-0.39, 0.29) is 5.56 Å². The summed E-state index contributed by atoms with van der Waals surface area (Å²) in [5, 5.41) is 1.36. The molecule has 7 heteroatoms.